The lowest BCUT2D eigenvalue weighted by molar-refractivity contribution is 0.505. The lowest BCUT2D eigenvalue weighted by atomic mass is 10.2. The number of thiazole rings is 1. The molecule has 1 aromatic heterocycles. The van der Waals surface area contributed by atoms with E-state index in [0.717, 1.165) is 36.1 Å². The van der Waals surface area contributed by atoms with Crippen molar-refractivity contribution < 1.29 is 8.78 Å². The van der Waals surface area contributed by atoms with Crippen molar-refractivity contribution >= 4 is 27.3 Å². The molecule has 1 aromatic carbocycles. The molecule has 2 aromatic rings. The van der Waals surface area contributed by atoms with E-state index >= 15 is 0 Å². The second-order valence-electron chi connectivity index (χ2n) is 4.25. The van der Waals surface area contributed by atoms with Gasteiger partial charge in [0.2, 0.25) is 0 Å². The molecule has 0 atom stereocenters. The van der Waals surface area contributed by atoms with Crippen LogP contribution in [0.2, 0.25) is 0 Å². The molecule has 0 aliphatic carbocycles. The Bertz CT molecular complexity index is 613. The fourth-order valence-electron chi connectivity index (χ4n) is 1.84. The van der Waals surface area contributed by atoms with Gasteiger partial charge >= 0.3 is 0 Å². The van der Waals surface area contributed by atoms with Crippen molar-refractivity contribution in [3.05, 3.63) is 38.8 Å². The van der Waals surface area contributed by atoms with Crippen LogP contribution in [0, 0.1) is 11.6 Å². The van der Waals surface area contributed by atoms with Gasteiger partial charge in [-0.3, -0.25) is 0 Å². The van der Waals surface area contributed by atoms with Crippen LogP contribution in [0.1, 0.15) is 24.4 Å². The average Bonchev–Trinajstić information content (AvgIpc) is 2.85. The number of nitrogens with zero attached hydrogens (tertiary/aromatic N) is 1. The Labute approximate surface area is 129 Å². The van der Waals surface area contributed by atoms with E-state index in [1.54, 1.807) is 6.07 Å². The predicted molar refractivity (Wildman–Crippen MR) is 81.9 cm³/mol. The molecule has 0 aliphatic heterocycles. The number of rotatable bonds is 5. The summed E-state index contributed by atoms with van der Waals surface area (Å²) in [5, 5.41) is 3.97. The van der Waals surface area contributed by atoms with E-state index < -0.39 is 11.6 Å². The minimum atomic E-state index is -0.871. The van der Waals surface area contributed by atoms with Crippen LogP contribution in [0.15, 0.2) is 16.6 Å². The van der Waals surface area contributed by atoms with Crippen molar-refractivity contribution in [2.75, 3.05) is 6.54 Å². The standard InChI is InChI=1S/C14H15BrF2N2S/c1-3-10-11(7-18-4-2)20-14(19-10)8-5-6-9(16)13(17)12(8)15/h5-6,18H,3-4,7H2,1-2H3. The van der Waals surface area contributed by atoms with Gasteiger partial charge in [0, 0.05) is 17.0 Å². The molecule has 0 radical (unpaired) electrons. The van der Waals surface area contributed by atoms with Gasteiger partial charge in [0.05, 0.1) is 10.2 Å². The zero-order valence-electron chi connectivity index (χ0n) is 11.3. The van der Waals surface area contributed by atoms with E-state index in [0.29, 0.717) is 10.6 Å². The topological polar surface area (TPSA) is 24.9 Å². The van der Waals surface area contributed by atoms with Gasteiger partial charge in [-0.25, -0.2) is 13.8 Å². The lowest BCUT2D eigenvalue weighted by Crippen LogP contribution is -2.11. The fraction of sp³-hybridized carbons (Fsp3) is 0.357. The first kappa shape index (κ1) is 15.5. The summed E-state index contributed by atoms with van der Waals surface area (Å²) in [6, 6.07) is 2.68. The second kappa shape index (κ2) is 6.74. The van der Waals surface area contributed by atoms with Gasteiger partial charge in [0.15, 0.2) is 11.6 Å². The number of nitrogens with one attached hydrogen (secondary N) is 1. The molecule has 0 unspecified atom stereocenters. The summed E-state index contributed by atoms with van der Waals surface area (Å²) in [7, 11) is 0. The molecule has 2 nitrogen and oxygen atoms in total. The molecular formula is C14H15BrF2N2S. The van der Waals surface area contributed by atoms with Crippen molar-refractivity contribution in [2.24, 2.45) is 0 Å². The Kier molecular flexibility index (Phi) is 5.23. The minimum absolute atomic E-state index is 0.129. The highest BCUT2D eigenvalue weighted by Gasteiger charge is 2.17. The van der Waals surface area contributed by atoms with Gasteiger partial charge < -0.3 is 5.32 Å². The Balaban J connectivity index is 2.43. The van der Waals surface area contributed by atoms with E-state index in [2.05, 4.69) is 26.2 Å². The molecular weight excluding hydrogens is 346 g/mol. The normalized spacial score (nSPS) is 11.1. The largest absolute Gasteiger partial charge is 0.312 e. The van der Waals surface area contributed by atoms with E-state index in [1.165, 1.54) is 11.3 Å². The zero-order chi connectivity index (χ0) is 14.7. The summed E-state index contributed by atoms with van der Waals surface area (Å²) in [4.78, 5) is 5.68. The van der Waals surface area contributed by atoms with Crippen LogP contribution in [0.5, 0.6) is 0 Å². The van der Waals surface area contributed by atoms with Gasteiger partial charge in [-0.15, -0.1) is 11.3 Å². The first-order valence-corrected chi connectivity index (χ1v) is 8.02. The number of benzene rings is 1. The van der Waals surface area contributed by atoms with Crippen molar-refractivity contribution in [2.45, 2.75) is 26.8 Å². The first-order valence-electron chi connectivity index (χ1n) is 6.41. The van der Waals surface area contributed by atoms with Crippen molar-refractivity contribution in [3.8, 4) is 10.6 Å². The molecule has 6 heteroatoms. The van der Waals surface area contributed by atoms with Crippen LogP contribution in [0.25, 0.3) is 10.6 Å². The average molecular weight is 361 g/mol. The van der Waals surface area contributed by atoms with Gasteiger partial charge in [-0.05, 0) is 41.0 Å². The van der Waals surface area contributed by atoms with Crippen LogP contribution in [0.4, 0.5) is 8.78 Å². The molecule has 0 saturated carbocycles. The molecule has 2 rings (SSSR count). The summed E-state index contributed by atoms with van der Waals surface area (Å²) < 4.78 is 26.9. The Morgan fingerprint density at radius 1 is 1.30 bits per heavy atom. The molecule has 1 heterocycles. The summed E-state index contributed by atoms with van der Waals surface area (Å²) in [5.41, 5.74) is 1.59. The monoisotopic (exact) mass is 360 g/mol. The SMILES string of the molecule is CCNCc1sc(-c2ccc(F)c(F)c2Br)nc1CC. The lowest BCUT2D eigenvalue weighted by Gasteiger charge is -2.02. The second-order valence-corrected chi connectivity index (χ2v) is 6.12. The van der Waals surface area contributed by atoms with E-state index in [9.17, 15) is 8.78 Å². The van der Waals surface area contributed by atoms with Crippen molar-refractivity contribution in [1.29, 1.82) is 0 Å². The smallest absolute Gasteiger partial charge is 0.173 e. The number of hydrogen-bond donors (Lipinski definition) is 1. The number of aryl methyl sites for hydroxylation is 1. The highest BCUT2D eigenvalue weighted by Crippen LogP contribution is 2.35. The van der Waals surface area contributed by atoms with Gasteiger partial charge in [0.25, 0.3) is 0 Å². The van der Waals surface area contributed by atoms with Crippen LogP contribution < -0.4 is 5.32 Å². The molecule has 0 amide bonds. The molecule has 0 fully saturated rings. The zero-order valence-corrected chi connectivity index (χ0v) is 13.7. The third-order valence-corrected chi connectivity index (χ3v) is 4.82. The summed E-state index contributed by atoms with van der Waals surface area (Å²) >= 11 is 4.63. The number of aromatic nitrogens is 1. The maximum absolute atomic E-state index is 13.6. The predicted octanol–water partition coefficient (Wildman–Crippen LogP) is 4.52. The van der Waals surface area contributed by atoms with Crippen molar-refractivity contribution in [1.82, 2.24) is 10.3 Å². The fourth-order valence-corrected chi connectivity index (χ4v) is 3.63. The third kappa shape index (κ3) is 3.07. The van der Waals surface area contributed by atoms with E-state index in [1.807, 2.05) is 13.8 Å². The van der Waals surface area contributed by atoms with E-state index in [4.69, 9.17) is 0 Å². The van der Waals surface area contributed by atoms with Gasteiger partial charge in [0.1, 0.15) is 5.01 Å². The molecule has 0 spiro atoms. The van der Waals surface area contributed by atoms with Gasteiger partial charge in [-0.2, -0.15) is 0 Å². The van der Waals surface area contributed by atoms with Crippen molar-refractivity contribution in [3.63, 3.8) is 0 Å². The van der Waals surface area contributed by atoms with E-state index in [-0.39, 0.29) is 4.47 Å². The molecule has 0 bridgehead atoms. The minimum Gasteiger partial charge on any atom is -0.312 e. The third-order valence-electron chi connectivity index (χ3n) is 2.91. The van der Waals surface area contributed by atoms with Crippen LogP contribution >= 0.6 is 27.3 Å². The Morgan fingerprint density at radius 2 is 2.05 bits per heavy atom. The first-order chi connectivity index (χ1) is 9.58. The molecule has 20 heavy (non-hydrogen) atoms. The molecule has 0 saturated heterocycles. The van der Waals surface area contributed by atoms with Crippen LogP contribution in [0.3, 0.4) is 0 Å². The number of halogens is 3. The summed E-state index contributed by atoms with van der Waals surface area (Å²) in [6.45, 7) is 5.71. The quantitative estimate of drug-likeness (QED) is 0.792. The van der Waals surface area contributed by atoms with Gasteiger partial charge in [-0.1, -0.05) is 13.8 Å². The Morgan fingerprint density at radius 3 is 2.70 bits per heavy atom. The van der Waals surface area contributed by atoms with Crippen LogP contribution in [-0.4, -0.2) is 11.5 Å². The maximum Gasteiger partial charge on any atom is 0.173 e. The molecule has 1 N–H and O–H groups in total. The highest BCUT2D eigenvalue weighted by molar-refractivity contribution is 9.10. The summed E-state index contributed by atoms with van der Waals surface area (Å²) in [6.07, 6.45) is 0.818. The Hall–Kier alpha value is -0.850. The maximum atomic E-state index is 13.6. The molecule has 0 aliphatic rings. The molecule has 108 valence electrons. The number of hydrogen-bond acceptors (Lipinski definition) is 3. The highest BCUT2D eigenvalue weighted by atomic mass is 79.9. The summed E-state index contributed by atoms with van der Waals surface area (Å²) in [5.74, 6) is -1.73. The van der Waals surface area contributed by atoms with Crippen LogP contribution in [-0.2, 0) is 13.0 Å².